The van der Waals surface area contributed by atoms with Crippen molar-refractivity contribution in [1.82, 2.24) is 4.90 Å². The summed E-state index contributed by atoms with van der Waals surface area (Å²) in [5, 5.41) is 0. The van der Waals surface area contributed by atoms with Crippen LogP contribution in [0.1, 0.15) is 33.1 Å². The van der Waals surface area contributed by atoms with Crippen LogP contribution in [0.15, 0.2) is 41.7 Å². The summed E-state index contributed by atoms with van der Waals surface area (Å²) in [6.45, 7) is 7.94. The predicted molar refractivity (Wildman–Crippen MR) is 68.9 cm³/mol. The number of rotatable bonds is 7. The minimum Gasteiger partial charge on any atom is -0.342 e. The van der Waals surface area contributed by atoms with E-state index in [1.807, 2.05) is 30.6 Å². The van der Waals surface area contributed by atoms with Crippen LogP contribution in [0.5, 0.6) is 0 Å². The van der Waals surface area contributed by atoms with E-state index < -0.39 is 0 Å². The average molecular weight is 206 g/mol. The van der Waals surface area contributed by atoms with Gasteiger partial charge in [0.1, 0.15) is 0 Å². The van der Waals surface area contributed by atoms with E-state index in [0.717, 1.165) is 25.0 Å². The Hall–Kier alpha value is -1.31. The molecule has 0 heterocycles. The van der Waals surface area contributed by atoms with Crippen molar-refractivity contribution in [3.05, 3.63) is 36.7 Å². The first-order valence-corrected chi connectivity index (χ1v) is 5.49. The molecule has 0 atom stereocenters. The van der Waals surface area contributed by atoms with E-state index in [4.69, 9.17) is 0 Å². The van der Waals surface area contributed by atoms with Crippen molar-refractivity contribution in [2.45, 2.75) is 33.1 Å². The van der Waals surface area contributed by atoms with Crippen molar-refractivity contribution < 1.29 is 0 Å². The Kier molecular flexibility index (Phi) is 8.44. The minimum atomic E-state index is 0.994. The monoisotopic (exact) mass is 206 g/mol. The zero-order chi connectivity index (χ0) is 11.5. The van der Waals surface area contributed by atoms with E-state index in [-0.39, 0.29) is 0 Å². The molecule has 2 heteroatoms. The molecule has 15 heavy (non-hydrogen) atoms. The van der Waals surface area contributed by atoms with Gasteiger partial charge in [-0.15, -0.1) is 0 Å². The van der Waals surface area contributed by atoms with Gasteiger partial charge in [0, 0.05) is 18.9 Å². The van der Waals surface area contributed by atoms with E-state index in [2.05, 4.69) is 31.5 Å². The van der Waals surface area contributed by atoms with Crippen molar-refractivity contribution >= 4 is 6.34 Å². The van der Waals surface area contributed by atoms with Crippen LogP contribution in [0.25, 0.3) is 0 Å². The zero-order valence-corrected chi connectivity index (χ0v) is 10.1. The Balaban J connectivity index is 4.26. The van der Waals surface area contributed by atoms with Crippen LogP contribution in [-0.2, 0) is 0 Å². The Morgan fingerprint density at radius 1 is 1.40 bits per heavy atom. The fraction of sp³-hybridized carbons (Fsp3) is 0.462. The second kappa shape index (κ2) is 9.25. The highest BCUT2D eigenvalue weighted by molar-refractivity contribution is 5.57. The largest absolute Gasteiger partial charge is 0.342 e. The van der Waals surface area contributed by atoms with E-state index in [1.54, 1.807) is 6.08 Å². The number of nitrogens with zero attached hydrogens (tertiary/aromatic N) is 2. The average Bonchev–Trinajstić information content (AvgIpc) is 2.23. The van der Waals surface area contributed by atoms with Crippen LogP contribution >= 0.6 is 0 Å². The maximum absolute atomic E-state index is 4.40. The van der Waals surface area contributed by atoms with Crippen molar-refractivity contribution in [3.63, 3.8) is 0 Å². The predicted octanol–water partition coefficient (Wildman–Crippen LogP) is 3.74. The molecule has 0 unspecified atom stereocenters. The van der Waals surface area contributed by atoms with Gasteiger partial charge in [-0.25, -0.2) is 4.99 Å². The lowest BCUT2D eigenvalue weighted by Crippen LogP contribution is -2.06. The van der Waals surface area contributed by atoms with Gasteiger partial charge in [0.2, 0.25) is 0 Å². The van der Waals surface area contributed by atoms with Gasteiger partial charge in [0.15, 0.2) is 0 Å². The summed E-state index contributed by atoms with van der Waals surface area (Å²) in [5.41, 5.74) is 1.07. The van der Waals surface area contributed by atoms with Crippen molar-refractivity contribution in [3.8, 4) is 0 Å². The van der Waals surface area contributed by atoms with Gasteiger partial charge in [-0.2, -0.15) is 0 Å². The van der Waals surface area contributed by atoms with E-state index in [0.29, 0.717) is 0 Å². The molecule has 0 aliphatic carbocycles. The summed E-state index contributed by atoms with van der Waals surface area (Å²) in [6, 6.07) is 0. The molecular weight excluding hydrogens is 184 g/mol. The van der Waals surface area contributed by atoms with Crippen LogP contribution in [0.3, 0.4) is 0 Å². The third-order valence-corrected chi connectivity index (χ3v) is 1.80. The normalized spacial score (nSPS) is 12.6. The van der Waals surface area contributed by atoms with E-state index >= 15 is 0 Å². The molecule has 0 aromatic heterocycles. The first kappa shape index (κ1) is 13.7. The summed E-state index contributed by atoms with van der Waals surface area (Å²) in [5.74, 6) is 0. The lowest BCUT2D eigenvalue weighted by molar-refractivity contribution is 0.702. The van der Waals surface area contributed by atoms with Gasteiger partial charge in [-0.3, -0.25) is 0 Å². The third kappa shape index (κ3) is 7.74. The van der Waals surface area contributed by atoms with Crippen LogP contribution < -0.4 is 0 Å². The van der Waals surface area contributed by atoms with Crippen molar-refractivity contribution in [2.24, 2.45) is 4.99 Å². The Morgan fingerprint density at radius 3 is 2.67 bits per heavy atom. The number of hydrogen-bond acceptors (Lipinski definition) is 1. The SMILES string of the molecule is C=C/C=C(CCC)/N=C\N(C)/C=C\CC. The summed E-state index contributed by atoms with van der Waals surface area (Å²) in [4.78, 5) is 6.35. The molecule has 0 aromatic rings. The molecule has 0 saturated carbocycles. The van der Waals surface area contributed by atoms with Crippen molar-refractivity contribution in [1.29, 1.82) is 0 Å². The second-order valence-corrected chi connectivity index (χ2v) is 3.35. The Bertz CT molecular complexity index is 249. The van der Waals surface area contributed by atoms with Gasteiger partial charge in [0.05, 0.1) is 6.34 Å². The fourth-order valence-corrected chi connectivity index (χ4v) is 1.06. The molecule has 0 saturated heterocycles. The molecule has 0 aromatic carbocycles. The molecule has 84 valence electrons. The highest BCUT2D eigenvalue weighted by Gasteiger charge is 1.90. The zero-order valence-electron chi connectivity index (χ0n) is 10.1. The van der Waals surface area contributed by atoms with Gasteiger partial charge < -0.3 is 4.90 Å². The smallest absolute Gasteiger partial charge is 0.0945 e. The molecule has 0 bridgehead atoms. The first-order valence-electron chi connectivity index (χ1n) is 5.49. The molecular formula is C13H22N2. The molecule has 0 spiro atoms. The summed E-state index contributed by atoms with van der Waals surface area (Å²) in [6.07, 6.45) is 12.8. The quantitative estimate of drug-likeness (QED) is 0.352. The van der Waals surface area contributed by atoms with Crippen LogP contribution in [0, 0.1) is 0 Å². The molecule has 0 radical (unpaired) electrons. The highest BCUT2D eigenvalue weighted by atomic mass is 15.1. The highest BCUT2D eigenvalue weighted by Crippen LogP contribution is 2.05. The first-order chi connectivity index (χ1) is 7.24. The molecule has 0 amide bonds. The summed E-state index contributed by atoms with van der Waals surface area (Å²) < 4.78 is 0. The lowest BCUT2D eigenvalue weighted by Gasteiger charge is -2.06. The Labute approximate surface area is 93.7 Å². The van der Waals surface area contributed by atoms with Crippen LogP contribution in [0.4, 0.5) is 0 Å². The number of allylic oxidation sites excluding steroid dienone is 4. The van der Waals surface area contributed by atoms with Crippen LogP contribution in [0.2, 0.25) is 0 Å². The van der Waals surface area contributed by atoms with Gasteiger partial charge >= 0.3 is 0 Å². The van der Waals surface area contributed by atoms with Gasteiger partial charge in [-0.1, -0.05) is 39.0 Å². The molecule has 0 aliphatic heterocycles. The van der Waals surface area contributed by atoms with Gasteiger partial charge in [-0.05, 0) is 18.9 Å². The maximum Gasteiger partial charge on any atom is 0.0945 e. The maximum atomic E-state index is 4.40. The topological polar surface area (TPSA) is 15.6 Å². The minimum absolute atomic E-state index is 0.994. The lowest BCUT2D eigenvalue weighted by atomic mass is 10.2. The standard InChI is InChI=1S/C13H22N2/c1-5-8-11-15(4)12-14-13(9-6-2)10-7-3/h6,8-9,11-12H,2,5,7,10H2,1,3-4H3/b11-8-,13-9+,14-12-. The fourth-order valence-electron chi connectivity index (χ4n) is 1.06. The summed E-state index contributed by atoms with van der Waals surface area (Å²) >= 11 is 0. The number of aliphatic imine (C=N–C) groups is 1. The third-order valence-electron chi connectivity index (χ3n) is 1.80. The molecule has 0 aliphatic rings. The molecule has 0 rings (SSSR count). The summed E-state index contributed by atoms with van der Waals surface area (Å²) in [7, 11) is 1.98. The Morgan fingerprint density at radius 2 is 2.13 bits per heavy atom. The van der Waals surface area contributed by atoms with Gasteiger partial charge in [0.25, 0.3) is 0 Å². The molecule has 0 N–H and O–H groups in total. The molecule has 0 fully saturated rings. The molecule has 2 nitrogen and oxygen atoms in total. The van der Waals surface area contributed by atoms with E-state index in [9.17, 15) is 0 Å². The number of hydrogen-bond donors (Lipinski definition) is 0. The van der Waals surface area contributed by atoms with E-state index in [1.165, 1.54) is 0 Å². The van der Waals surface area contributed by atoms with Crippen LogP contribution in [-0.4, -0.2) is 18.3 Å². The van der Waals surface area contributed by atoms with Crippen molar-refractivity contribution in [2.75, 3.05) is 7.05 Å². The second-order valence-electron chi connectivity index (χ2n) is 3.35.